The summed E-state index contributed by atoms with van der Waals surface area (Å²) >= 11 is 0. The Morgan fingerprint density at radius 1 is 1.16 bits per heavy atom. The standard InChI is InChI=1S/C22H21N2O/c1-14-9-10-15-7-6-8-17-19(15)18(14)20-21(25-17)16(11-12-24(20)5)13-22(2,3)23-4/h6-12H,13H2,1-3,5H3/q+1. The van der Waals surface area contributed by atoms with Crippen LogP contribution in [0.4, 0.5) is 0 Å². The summed E-state index contributed by atoms with van der Waals surface area (Å²) in [5.41, 5.74) is 4.20. The highest BCUT2D eigenvalue weighted by Crippen LogP contribution is 2.47. The lowest BCUT2D eigenvalue weighted by Crippen LogP contribution is -2.33. The topological polar surface area (TPSA) is 17.5 Å². The molecular formula is C22H21N2O+. The zero-order valence-corrected chi connectivity index (χ0v) is 15.1. The van der Waals surface area contributed by atoms with Gasteiger partial charge in [0.1, 0.15) is 12.8 Å². The van der Waals surface area contributed by atoms with E-state index in [0.29, 0.717) is 6.42 Å². The molecule has 0 saturated carbocycles. The number of aromatic nitrogens is 1. The number of nitrogens with zero attached hydrogens (tertiary/aromatic N) is 2. The molecule has 1 aliphatic rings. The molecule has 0 spiro atoms. The average Bonchev–Trinajstić information content (AvgIpc) is 2.60. The Kier molecular flexibility index (Phi) is 3.33. The minimum atomic E-state index is -0.449. The highest BCUT2D eigenvalue weighted by molar-refractivity contribution is 6.04. The van der Waals surface area contributed by atoms with E-state index < -0.39 is 5.54 Å². The van der Waals surface area contributed by atoms with Crippen LogP contribution in [-0.2, 0) is 13.5 Å². The molecule has 3 heteroatoms. The second kappa shape index (κ2) is 5.32. The molecule has 2 heterocycles. The zero-order chi connectivity index (χ0) is 17.8. The van der Waals surface area contributed by atoms with Gasteiger partial charge in [0, 0.05) is 30.9 Å². The van der Waals surface area contributed by atoms with Crippen molar-refractivity contribution in [2.24, 2.45) is 7.05 Å². The molecular weight excluding hydrogens is 308 g/mol. The summed E-state index contributed by atoms with van der Waals surface area (Å²) in [4.78, 5) is 3.78. The van der Waals surface area contributed by atoms with E-state index in [1.165, 1.54) is 21.9 Å². The number of ether oxygens (including phenoxy) is 1. The van der Waals surface area contributed by atoms with Crippen molar-refractivity contribution in [1.29, 1.82) is 0 Å². The Balaban J connectivity index is 2.05. The Morgan fingerprint density at radius 2 is 1.96 bits per heavy atom. The predicted octanol–water partition coefficient (Wildman–Crippen LogP) is 4.99. The van der Waals surface area contributed by atoms with Gasteiger partial charge in [0.25, 0.3) is 5.69 Å². The van der Waals surface area contributed by atoms with Crippen LogP contribution in [0.15, 0.2) is 42.6 Å². The first-order valence-electron chi connectivity index (χ1n) is 8.52. The van der Waals surface area contributed by atoms with Crippen LogP contribution in [0.3, 0.4) is 0 Å². The van der Waals surface area contributed by atoms with Gasteiger partial charge >= 0.3 is 0 Å². The highest BCUT2D eigenvalue weighted by Gasteiger charge is 2.34. The number of rotatable bonds is 2. The number of hydrogen-bond donors (Lipinski definition) is 0. The molecule has 0 fully saturated rings. The maximum atomic E-state index is 7.46. The van der Waals surface area contributed by atoms with Gasteiger partial charge in [0.2, 0.25) is 11.3 Å². The van der Waals surface area contributed by atoms with Crippen molar-refractivity contribution in [2.45, 2.75) is 32.7 Å². The largest absolute Gasteiger partial charge is 0.449 e. The highest BCUT2D eigenvalue weighted by atomic mass is 16.5. The van der Waals surface area contributed by atoms with Crippen LogP contribution < -0.4 is 9.30 Å². The maximum absolute atomic E-state index is 7.46. The minimum Gasteiger partial charge on any atom is -0.449 e. The van der Waals surface area contributed by atoms with E-state index in [1.807, 2.05) is 26.0 Å². The van der Waals surface area contributed by atoms with Crippen LogP contribution in [-0.4, -0.2) is 5.54 Å². The lowest BCUT2D eigenvalue weighted by Gasteiger charge is -2.23. The third kappa shape index (κ3) is 2.37. The predicted molar refractivity (Wildman–Crippen MR) is 99.8 cm³/mol. The Morgan fingerprint density at radius 3 is 2.72 bits per heavy atom. The summed E-state index contributed by atoms with van der Waals surface area (Å²) in [6, 6.07) is 12.6. The van der Waals surface area contributed by atoms with Gasteiger partial charge in [-0.05, 0) is 23.9 Å². The van der Waals surface area contributed by atoms with E-state index in [9.17, 15) is 0 Å². The van der Waals surface area contributed by atoms with Crippen LogP contribution in [0.2, 0.25) is 0 Å². The van der Waals surface area contributed by atoms with Gasteiger partial charge in [-0.15, -0.1) is 0 Å². The van der Waals surface area contributed by atoms with Crippen molar-refractivity contribution < 1.29 is 9.30 Å². The van der Waals surface area contributed by atoms with Crippen molar-refractivity contribution in [3.05, 3.63) is 65.1 Å². The second-order valence-corrected chi connectivity index (χ2v) is 7.44. The van der Waals surface area contributed by atoms with Crippen LogP contribution in [0, 0.1) is 13.5 Å². The van der Waals surface area contributed by atoms with E-state index in [4.69, 9.17) is 11.3 Å². The monoisotopic (exact) mass is 329 g/mol. The van der Waals surface area contributed by atoms with Crippen LogP contribution in [0.1, 0.15) is 25.0 Å². The molecule has 0 atom stereocenters. The van der Waals surface area contributed by atoms with Crippen molar-refractivity contribution in [1.82, 2.24) is 0 Å². The minimum absolute atomic E-state index is 0.449. The van der Waals surface area contributed by atoms with Gasteiger partial charge in [-0.1, -0.05) is 24.3 Å². The molecule has 3 aromatic rings. The quantitative estimate of drug-likeness (QED) is 0.374. The molecule has 1 aliphatic heterocycles. The van der Waals surface area contributed by atoms with Crippen molar-refractivity contribution in [3.8, 4) is 22.8 Å². The lowest BCUT2D eigenvalue weighted by atomic mass is 9.90. The normalized spacial score (nSPS) is 12.4. The molecule has 1 aromatic heterocycles. The summed E-state index contributed by atoms with van der Waals surface area (Å²) in [5.74, 6) is 1.78. The van der Waals surface area contributed by atoms with Crippen LogP contribution in [0.5, 0.6) is 11.5 Å². The van der Waals surface area contributed by atoms with E-state index in [0.717, 1.165) is 22.8 Å². The van der Waals surface area contributed by atoms with Gasteiger partial charge in [-0.2, -0.15) is 4.57 Å². The zero-order valence-electron chi connectivity index (χ0n) is 15.1. The number of hydrogen-bond acceptors (Lipinski definition) is 1. The fraction of sp³-hybridized carbons (Fsp3) is 0.273. The smallest absolute Gasteiger partial charge is 0.256 e. The molecule has 0 aliphatic carbocycles. The van der Waals surface area contributed by atoms with E-state index in [2.05, 4.69) is 53.8 Å². The van der Waals surface area contributed by atoms with Crippen LogP contribution >= 0.6 is 0 Å². The summed E-state index contributed by atoms with van der Waals surface area (Å²) in [5, 5.41) is 2.36. The molecule has 0 N–H and O–H groups in total. The fourth-order valence-corrected chi connectivity index (χ4v) is 3.66. The second-order valence-electron chi connectivity index (χ2n) is 7.44. The third-order valence-corrected chi connectivity index (χ3v) is 4.95. The number of pyridine rings is 1. The Labute approximate surface area is 148 Å². The SMILES string of the molecule is [C-]#[N+]C(C)(C)Cc1cc[n+](C)c2c1Oc1cccc3ccc(C)c-2c13. The summed E-state index contributed by atoms with van der Waals surface area (Å²) in [6.45, 7) is 13.6. The number of aryl methyl sites for hydroxylation is 2. The van der Waals surface area contributed by atoms with Crippen LogP contribution in [0.25, 0.3) is 26.9 Å². The molecule has 0 saturated heterocycles. The molecule has 4 rings (SSSR count). The average molecular weight is 329 g/mol. The van der Waals surface area contributed by atoms with E-state index in [-0.39, 0.29) is 0 Å². The summed E-state index contributed by atoms with van der Waals surface area (Å²) in [7, 11) is 2.05. The van der Waals surface area contributed by atoms with Gasteiger partial charge in [-0.3, -0.25) is 0 Å². The van der Waals surface area contributed by atoms with Gasteiger partial charge in [-0.25, -0.2) is 6.57 Å². The first-order valence-corrected chi connectivity index (χ1v) is 8.52. The molecule has 0 unspecified atom stereocenters. The Hall–Kier alpha value is -2.86. The number of benzene rings is 2. The molecule has 124 valence electrons. The molecule has 3 nitrogen and oxygen atoms in total. The van der Waals surface area contributed by atoms with Crippen molar-refractivity contribution in [3.63, 3.8) is 0 Å². The maximum Gasteiger partial charge on any atom is 0.256 e. The first-order chi connectivity index (χ1) is 11.9. The number of fused-ring (bicyclic) bond motifs is 2. The molecule has 0 amide bonds. The third-order valence-electron chi connectivity index (χ3n) is 4.95. The Bertz CT molecular complexity index is 1060. The van der Waals surface area contributed by atoms with Crippen molar-refractivity contribution >= 4 is 10.8 Å². The fourth-order valence-electron chi connectivity index (χ4n) is 3.66. The van der Waals surface area contributed by atoms with E-state index in [1.54, 1.807) is 0 Å². The van der Waals surface area contributed by atoms with E-state index >= 15 is 0 Å². The lowest BCUT2D eigenvalue weighted by molar-refractivity contribution is -0.660. The summed E-state index contributed by atoms with van der Waals surface area (Å²) < 4.78 is 8.51. The molecule has 25 heavy (non-hydrogen) atoms. The van der Waals surface area contributed by atoms with Gasteiger partial charge in [0.05, 0.1) is 12.0 Å². The van der Waals surface area contributed by atoms with Gasteiger partial charge < -0.3 is 9.58 Å². The van der Waals surface area contributed by atoms with Crippen molar-refractivity contribution in [2.75, 3.05) is 0 Å². The first kappa shape index (κ1) is 15.7. The van der Waals surface area contributed by atoms with Gasteiger partial charge in [0.15, 0.2) is 6.20 Å². The summed E-state index contributed by atoms with van der Waals surface area (Å²) in [6.07, 6.45) is 2.74. The molecule has 0 radical (unpaired) electrons. The molecule has 2 aromatic carbocycles. The molecule has 0 bridgehead atoms.